The molecule has 0 aliphatic carbocycles. The summed E-state index contributed by atoms with van der Waals surface area (Å²) in [6.45, 7) is 3.07. The monoisotopic (exact) mass is 394 g/mol. The fourth-order valence-electron chi connectivity index (χ4n) is 3.26. The summed E-state index contributed by atoms with van der Waals surface area (Å²) in [5.41, 5.74) is 2.62. The van der Waals surface area contributed by atoms with Gasteiger partial charge in [0.15, 0.2) is 0 Å². The number of nitrogens with one attached hydrogen (secondary N) is 1. The molecule has 0 saturated heterocycles. The van der Waals surface area contributed by atoms with Crippen molar-refractivity contribution >= 4 is 33.0 Å². The first kappa shape index (κ1) is 18.4. The van der Waals surface area contributed by atoms with Crippen LogP contribution in [0.4, 0.5) is 0 Å². The summed E-state index contributed by atoms with van der Waals surface area (Å²) in [7, 11) is 0. The Morgan fingerprint density at radius 2 is 2.00 bits per heavy atom. The van der Waals surface area contributed by atoms with Gasteiger partial charge in [-0.05, 0) is 30.5 Å². The molecule has 0 unspecified atom stereocenters. The van der Waals surface area contributed by atoms with E-state index < -0.39 is 0 Å². The largest absolute Gasteiger partial charge is 0.352 e. The van der Waals surface area contributed by atoms with E-state index >= 15 is 0 Å². The number of carbonyl (C=O) groups is 1. The molecule has 0 saturated carbocycles. The van der Waals surface area contributed by atoms with Crippen LogP contribution < -0.4 is 10.9 Å². The van der Waals surface area contributed by atoms with Crippen molar-refractivity contribution in [1.29, 1.82) is 0 Å². The van der Waals surface area contributed by atoms with Crippen LogP contribution >= 0.6 is 11.3 Å². The van der Waals surface area contributed by atoms with Gasteiger partial charge in [0.1, 0.15) is 11.8 Å². The lowest BCUT2D eigenvalue weighted by Crippen LogP contribution is -2.26. The number of amides is 1. The molecule has 0 spiro atoms. The average molecular weight is 394 g/mol. The molecule has 28 heavy (non-hydrogen) atoms. The summed E-state index contributed by atoms with van der Waals surface area (Å²) in [5, 5.41) is 7.20. The molecule has 6 nitrogen and oxygen atoms in total. The summed E-state index contributed by atoms with van der Waals surface area (Å²) < 4.78 is 4.41. The normalized spacial score (nSPS) is 11.3. The number of aromatic nitrogens is 3. The quantitative estimate of drug-likeness (QED) is 0.523. The van der Waals surface area contributed by atoms with Crippen LogP contribution in [-0.4, -0.2) is 20.1 Å². The third-order valence-electron chi connectivity index (χ3n) is 4.79. The number of nitrogens with zero attached hydrogens (tertiary/aromatic N) is 3. The maximum absolute atomic E-state index is 12.7. The van der Waals surface area contributed by atoms with Crippen LogP contribution in [-0.2, 0) is 24.3 Å². The predicted octanol–water partition coefficient (Wildman–Crippen LogP) is 3.37. The van der Waals surface area contributed by atoms with E-state index in [4.69, 9.17) is 0 Å². The van der Waals surface area contributed by atoms with Gasteiger partial charge in [-0.2, -0.15) is 5.10 Å². The minimum atomic E-state index is -0.117. The van der Waals surface area contributed by atoms with Gasteiger partial charge in [-0.15, -0.1) is 11.3 Å². The number of thiophene rings is 1. The van der Waals surface area contributed by atoms with E-state index in [2.05, 4.69) is 23.4 Å². The zero-order valence-corrected chi connectivity index (χ0v) is 16.5. The van der Waals surface area contributed by atoms with E-state index in [1.807, 2.05) is 40.8 Å². The minimum absolute atomic E-state index is 0.0201. The number of benzene rings is 1. The van der Waals surface area contributed by atoms with E-state index in [1.165, 1.54) is 9.56 Å². The first-order chi connectivity index (χ1) is 13.7. The second kappa shape index (κ2) is 7.98. The van der Waals surface area contributed by atoms with Crippen LogP contribution in [0.25, 0.3) is 15.7 Å². The summed E-state index contributed by atoms with van der Waals surface area (Å²) in [4.78, 5) is 26.0. The third kappa shape index (κ3) is 3.71. The molecule has 0 bridgehead atoms. The van der Waals surface area contributed by atoms with Gasteiger partial charge in [0.2, 0.25) is 5.91 Å². The van der Waals surface area contributed by atoms with Crippen LogP contribution in [0.1, 0.15) is 30.2 Å². The Kier molecular flexibility index (Phi) is 5.25. The molecule has 1 amide bonds. The van der Waals surface area contributed by atoms with Gasteiger partial charge in [-0.1, -0.05) is 37.3 Å². The summed E-state index contributed by atoms with van der Waals surface area (Å²) in [6.07, 6.45) is 3.61. The SMILES string of the molecule is CCc1cc2c(cc3c(=O)n(CCCC(=O)NCc4ccccc4)ncn32)s1. The van der Waals surface area contributed by atoms with Crippen molar-refractivity contribution < 1.29 is 4.79 Å². The first-order valence-electron chi connectivity index (χ1n) is 9.46. The maximum Gasteiger partial charge on any atom is 0.291 e. The number of hydrogen-bond acceptors (Lipinski definition) is 4. The molecule has 0 aliphatic rings. The van der Waals surface area contributed by atoms with Gasteiger partial charge in [0, 0.05) is 24.4 Å². The average Bonchev–Trinajstić information content (AvgIpc) is 3.27. The molecular weight excluding hydrogens is 372 g/mol. The molecule has 0 atom stereocenters. The van der Waals surface area contributed by atoms with E-state index in [1.54, 1.807) is 17.7 Å². The Balaban J connectivity index is 1.38. The molecule has 1 aromatic carbocycles. The molecular formula is C21H22N4O2S. The maximum atomic E-state index is 12.7. The lowest BCUT2D eigenvalue weighted by molar-refractivity contribution is -0.121. The third-order valence-corrected chi connectivity index (χ3v) is 6.01. The van der Waals surface area contributed by atoms with Gasteiger partial charge < -0.3 is 5.32 Å². The number of hydrogen-bond donors (Lipinski definition) is 1. The van der Waals surface area contributed by atoms with E-state index in [9.17, 15) is 9.59 Å². The number of carbonyl (C=O) groups excluding carboxylic acids is 1. The molecule has 3 aromatic heterocycles. The number of aryl methyl sites for hydroxylation is 2. The highest BCUT2D eigenvalue weighted by molar-refractivity contribution is 7.19. The zero-order chi connectivity index (χ0) is 19.5. The molecule has 0 aliphatic heterocycles. The summed E-state index contributed by atoms with van der Waals surface area (Å²) in [6, 6.07) is 13.9. The van der Waals surface area contributed by atoms with Crippen molar-refractivity contribution in [3.8, 4) is 0 Å². The Morgan fingerprint density at radius 1 is 1.18 bits per heavy atom. The molecule has 1 N–H and O–H groups in total. The van der Waals surface area contributed by atoms with Crippen LogP contribution in [0.5, 0.6) is 0 Å². The zero-order valence-electron chi connectivity index (χ0n) is 15.7. The van der Waals surface area contributed by atoms with Gasteiger partial charge >= 0.3 is 0 Å². The van der Waals surface area contributed by atoms with Gasteiger partial charge in [0.05, 0.1) is 10.2 Å². The molecule has 144 valence electrons. The van der Waals surface area contributed by atoms with Gasteiger partial charge in [-0.3, -0.25) is 14.0 Å². The Hall–Kier alpha value is -2.93. The lowest BCUT2D eigenvalue weighted by atomic mass is 10.2. The Morgan fingerprint density at radius 3 is 2.79 bits per heavy atom. The molecule has 0 fully saturated rings. The van der Waals surface area contributed by atoms with Crippen molar-refractivity contribution in [3.63, 3.8) is 0 Å². The Bertz CT molecular complexity index is 1170. The van der Waals surface area contributed by atoms with Crippen LogP contribution in [0.15, 0.2) is 53.6 Å². The lowest BCUT2D eigenvalue weighted by Gasteiger charge is -2.07. The smallest absolute Gasteiger partial charge is 0.291 e. The van der Waals surface area contributed by atoms with Crippen LogP contribution in [0.2, 0.25) is 0 Å². The summed E-state index contributed by atoms with van der Waals surface area (Å²) >= 11 is 1.71. The molecule has 4 aromatic rings. The van der Waals surface area contributed by atoms with Gasteiger partial charge in [0.25, 0.3) is 5.56 Å². The van der Waals surface area contributed by atoms with Crippen LogP contribution in [0, 0.1) is 0 Å². The van der Waals surface area contributed by atoms with Crippen molar-refractivity contribution in [2.75, 3.05) is 0 Å². The standard InChI is InChI=1S/C21H22N4O2S/c1-2-16-11-17-19(28-16)12-18-21(27)25(23-14-24(17)18)10-6-9-20(26)22-13-15-7-4-3-5-8-15/h3-5,7-8,11-12,14H,2,6,9-10,13H2,1H3,(H,22,26). The highest BCUT2D eigenvalue weighted by Crippen LogP contribution is 2.28. The van der Waals surface area contributed by atoms with Crippen molar-refractivity contribution in [2.45, 2.75) is 39.3 Å². The predicted molar refractivity (Wildman–Crippen MR) is 112 cm³/mol. The minimum Gasteiger partial charge on any atom is -0.352 e. The summed E-state index contributed by atoms with van der Waals surface area (Å²) in [5.74, 6) is -0.0201. The van der Waals surface area contributed by atoms with Crippen molar-refractivity contribution in [3.05, 3.63) is 69.6 Å². The molecule has 4 rings (SSSR count). The van der Waals surface area contributed by atoms with Crippen molar-refractivity contribution in [1.82, 2.24) is 19.5 Å². The molecule has 3 heterocycles. The second-order valence-corrected chi connectivity index (χ2v) is 7.91. The van der Waals surface area contributed by atoms with E-state index in [-0.39, 0.29) is 11.5 Å². The Labute approximate surface area is 166 Å². The first-order valence-corrected chi connectivity index (χ1v) is 10.3. The fraction of sp³-hybridized carbons (Fsp3) is 0.286. The number of rotatable bonds is 7. The van der Waals surface area contributed by atoms with Crippen molar-refractivity contribution in [2.24, 2.45) is 0 Å². The van der Waals surface area contributed by atoms with Crippen LogP contribution in [0.3, 0.4) is 0 Å². The number of fused-ring (bicyclic) bond motifs is 3. The molecule has 0 radical (unpaired) electrons. The fourth-order valence-corrected chi connectivity index (χ4v) is 4.29. The topological polar surface area (TPSA) is 68.4 Å². The van der Waals surface area contributed by atoms with E-state index in [0.29, 0.717) is 31.4 Å². The highest BCUT2D eigenvalue weighted by atomic mass is 32.1. The highest BCUT2D eigenvalue weighted by Gasteiger charge is 2.12. The van der Waals surface area contributed by atoms with Gasteiger partial charge in [-0.25, -0.2) is 4.68 Å². The van der Waals surface area contributed by atoms with E-state index in [0.717, 1.165) is 22.2 Å². The second-order valence-electron chi connectivity index (χ2n) is 6.74. The molecule has 7 heteroatoms.